The van der Waals surface area contributed by atoms with E-state index in [9.17, 15) is 0 Å². The Bertz CT molecular complexity index is 891. The second-order valence-corrected chi connectivity index (χ2v) is 16.3. The summed E-state index contributed by atoms with van der Waals surface area (Å²) in [5.74, 6) is 0. The van der Waals surface area contributed by atoms with Gasteiger partial charge < -0.3 is 0 Å². The average Bonchev–Trinajstić information content (AvgIpc) is 3.59. The SMILES string of the molecule is CCCCC1=[C-]C(CCCC)(CCCC)C(CCCC)=C1CCCC.CCCCC1=[C-]C(CCCC)(CCCC)C(CCCC)=C1CCCC.[Fe+2]. The van der Waals surface area contributed by atoms with Crippen LogP contribution >= 0.6 is 0 Å². The molecule has 298 valence electrons. The van der Waals surface area contributed by atoms with E-state index in [1.165, 1.54) is 193 Å². The van der Waals surface area contributed by atoms with E-state index in [-0.39, 0.29) is 17.1 Å². The molecular weight excluding hydrogens is 656 g/mol. The Kier molecular flexibility index (Phi) is 30.5. The van der Waals surface area contributed by atoms with Gasteiger partial charge in [0.15, 0.2) is 0 Å². The van der Waals surface area contributed by atoms with Crippen LogP contribution in [-0.4, -0.2) is 0 Å². The largest absolute Gasteiger partial charge is 2.00 e. The zero-order chi connectivity index (χ0) is 37.1. The van der Waals surface area contributed by atoms with Crippen molar-refractivity contribution in [1.29, 1.82) is 0 Å². The topological polar surface area (TPSA) is 0 Å². The van der Waals surface area contributed by atoms with E-state index in [1.54, 1.807) is 22.3 Å². The maximum atomic E-state index is 4.17. The van der Waals surface area contributed by atoms with Gasteiger partial charge in [0.2, 0.25) is 0 Å². The Hall–Kier alpha value is -0.521. The fraction of sp³-hybridized carbons (Fsp3) is 0.840. The van der Waals surface area contributed by atoms with Crippen molar-refractivity contribution >= 4 is 0 Å². The van der Waals surface area contributed by atoms with Crippen LogP contribution in [-0.2, 0) is 17.1 Å². The molecule has 0 radical (unpaired) electrons. The molecule has 2 aliphatic carbocycles. The second-order valence-electron chi connectivity index (χ2n) is 16.3. The van der Waals surface area contributed by atoms with Crippen molar-refractivity contribution in [2.24, 2.45) is 10.8 Å². The number of hydrogen-bond donors (Lipinski definition) is 0. The molecule has 1 heteroatoms. The molecule has 0 aliphatic heterocycles. The van der Waals surface area contributed by atoms with E-state index in [2.05, 4.69) is 81.4 Å². The predicted octanol–water partition coefficient (Wildman–Crippen LogP) is 17.9. The molecule has 51 heavy (non-hydrogen) atoms. The Morgan fingerprint density at radius 1 is 0.314 bits per heavy atom. The Balaban J connectivity index is 0.000000962. The van der Waals surface area contributed by atoms with Gasteiger partial charge in [-0.05, 0) is 12.8 Å². The van der Waals surface area contributed by atoms with Crippen LogP contribution < -0.4 is 0 Å². The van der Waals surface area contributed by atoms with E-state index < -0.39 is 0 Å². The molecule has 0 spiro atoms. The summed E-state index contributed by atoms with van der Waals surface area (Å²) in [6.45, 7) is 23.4. The minimum Gasteiger partial charge on any atom is -0.262 e. The first-order valence-corrected chi connectivity index (χ1v) is 23.1. The summed E-state index contributed by atoms with van der Waals surface area (Å²) in [7, 11) is 0. The van der Waals surface area contributed by atoms with Gasteiger partial charge in [-0.25, -0.2) is 11.1 Å². The van der Waals surface area contributed by atoms with Gasteiger partial charge in [-0.15, -0.1) is 0 Å². The van der Waals surface area contributed by atoms with Crippen molar-refractivity contribution in [3.8, 4) is 0 Å². The molecule has 0 atom stereocenters. The van der Waals surface area contributed by atoms with Gasteiger partial charge in [-0.1, -0.05) is 260 Å². The first-order chi connectivity index (χ1) is 24.4. The van der Waals surface area contributed by atoms with Gasteiger partial charge >= 0.3 is 17.1 Å². The zero-order valence-electron chi connectivity index (χ0n) is 36.6. The minimum atomic E-state index is 0. The Morgan fingerprint density at radius 3 is 0.804 bits per heavy atom. The van der Waals surface area contributed by atoms with Crippen molar-refractivity contribution in [2.75, 3.05) is 0 Å². The van der Waals surface area contributed by atoms with Gasteiger partial charge in [-0.3, -0.25) is 12.2 Å². The minimum absolute atomic E-state index is 0. The van der Waals surface area contributed by atoms with Gasteiger partial charge in [-0.2, -0.15) is 22.3 Å². The van der Waals surface area contributed by atoms with Crippen molar-refractivity contribution in [1.82, 2.24) is 0 Å². The second kappa shape index (κ2) is 30.8. The number of hydrogen-bond acceptors (Lipinski definition) is 0. The van der Waals surface area contributed by atoms with Crippen LogP contribution in [0, 0.1) is 23.0 Å². The van der Waals surface area contributed by atoms with Crippen LogP contribution in [0.3, 0.4) is 0 Å². The summed E-state index contributed by atoms with van der Waals surface area (Å²) in [5.41, 5.74) is 11.0. The summed E-state index contributed by atoms with van der Waals surface area (Å²) < 4.78 is 0. The zero-order valence-corrected chi connectivity index (χ0v) is 37.7. The molecule has 0 amide bonds. The van der Waals surface area contributed by atoms with Crippen LogP contribution in [0.25, 0.3) is 0 Å². The Morgan fingerprint density at radius 2 is 0.549 bits per heavy atom. The molecule has 0 aromatic rings. The van der Waals surface area contributed by atoms with Crippen LogP contribution in [0.2, 0.25) is 0 Å². The van der Waals surface area contributed by atoms with E-state index >= 15 is 0 Å². The van der Waals surface area contributed by atoms with Crippen molar-refractivity contribution < 1.29 is 17.1 Å². The Labute approximate surface area is 333 Å². The smallest absolute Gasteiger partial charge is 0.262 e. The summed E-state index contributed by atoms with van der Waals surface area (Å²) in [6.07, 6.45) is 48.1. The summed E-state index contributed by atoms with van der Waals surface area (Å²) in [6, 6.07) is 0. The third-order valence-corrected chi connectivity index (χ3v) is 11.9. The standard InChI is InChI=1S/2C25H45.Fe/c2*1-6-11-16-22-21-25(19-14-9-4,20-15-10-5)24(18-13-8-3)23(22)17-12-7-2;/h2*6-20H2,1-5H3;/q2*-1;+2. The van der Waals surface area contributed by atoms with Crippen molar-refractivity contribution in [3.05, 3.63) is 45.6 Å². The van der Waals surface area contributed by atoms with E-state index in [0.717, 1.165) is 0 Å². The average molecular weight is 747 g/mol. The quantitative estimate of drug-likeness (QED) is 0.0507. The molecule has 0 heterocycles. The first-order valence-electron chi connectivity index (χ1n) is 23.1. The predicted molar refractivity (Wildman–Crippen MR) is 228 cm³/mol. The van der Waals surface area contributed by atoms with E-state index in [1.807, 2.05) is 11.1 Å². The molecule has 2 rings (SSSR count). The van der Waals surface area contributed by atoms with Crippen LogP contribution in [0.5, 0.6) is 0 Å². The molecule has 2 aliphatic rings. The summed E-state index contributed by atoms with van der Waals surface area (Å²) >= 11 is 0. The molecule has 0 aromatic carbocycles. The number of unbranched alkanes of at least 4 members (excludes halogenated alkanes) is 10. The van der Waals surface area contributed by atoms with Crippen molar-refractivity contribution in [2.45, 2.75) is 262 Å². The van der Waals surface area contributed by atoms with Crippen LogP contribution in [0.1, 0.15) is 262 Å². The first kappa shape index (κ1) is 50.5. The van der Waals surface area contributed by atoms with Gasteiger partial charge in [0, 0.05) is 0 Å². The summed E-state index contributed by atoms with van der Waals surface area (Å²) in [4.78, 5) is 0. The maximum Gasteiger partial charge on any atom is 2.00 e. The fourth-order valence-corrected chi connectivity index (χ4v) is 8.77. The molecule has 0 nitrogen and oxygen atoms in total. The molecule has 0 aromatic heterocycles. The fourth-order valence-electron chi connectivity index (χ4n) is 8.77. The molecule has 0 N–H and O–H groups in total. The van der Waals surface area contributed by atoms with Crippen LogP contribution in [0.4, 0.5) is 0 Å². The van der Waals surface area contributed by atoms with Gasteiger partial charge in [0.25, 0.3) is 0 Å². The van der Waals surface area contributed by atoms with Crippen molar-refractivity contribution in [3.63, 3.8) is 0 Å². The monoisotopic (exact) mass is 747 g/mol. The maximum absolute atomic E-state index is 4.17. The molecular formula is C50H90Fe. The molecule has 0 unspecified atom stereocenters. The molecule has 0 fully saturated rings. The van der Waals surface area contributed by atoms with E-state index in [4.69, 9.17) is 0 Å². The molecule has 0 saturated heterocycles. The third-order valence-electron chi connectivity index (χ3n) is 11.9. The number of rotatable bonds is 30. The van der Waals surface area contributed by atoms with Crippen LogP contribution in [0.15, 0.2) is 33.4 Å². The molecule has 0 saturated carbocycles. The van der Waals surface area contributed by atoms with E-state index in [0.29, 0.717) is 10.8 Å². The van der Waals surface area contributed by atoms with Gasteiger partial charge in [0.1, 0.15) is 0 Å². The molecule has 0 bridgehead atoms. The normalized spacial score (nSPS) is 16.3. The third kappa shape index (κ3) is 16.8. The van der Waals surface area contributed by atoms with Gasteiger partial charge in [0.05, 0.1) is 0 Å². The number of allylic oxidation sites excluding steroid dienone is 8. The summed E-state index contributed by atoms with van der Waals surface area (Å²) in [5, 5.41) is 0.